The van der Waals surface area contributed by atoms with E-state index in [1.54, 1.807) is 0 Å². The molecule has 0 saturated carbocycles. The van der Waals surface area contributed by atoms with Gasteiger partial charge in [-0.15, -0.1) is 0 Å². The number of amides is 1. The summed E-state index contributed by atoms with van der Waals surface area (Å²) in [5, 5.41) is 0. The van der Waals surface area contributed by atoms with Crippen LogP contribution in [0.25, 0.3) is 0 Å². The molecule has 0 aromatic heterocycles. The van der Waals surface area contributed by atoms with Crippen molar-refractivity contribution in [2.24, 2.45) is 5.92 Å². The Morgan fingerprint density at radius 1 is 1.04 bits per heavy atom. The Morgan fingerprint density at radius 2 is 1.60 bits per heavy atom. The Balaban J connectivity index is 2.07. The number of anilines is 1. The number of methoxy groups -OCH3 is 2. The summed E-state index contributed by atoms with van der Waals surface area (Å²) in [6.45, 7) is 0. The number of ether oxygens (including phenoxy) is 2. The van der Waals surface area contributed by atoms with Gasteiger partial charge in [0.25, 0.3) is 0 Å². The Hall–Kier alpha value is -2.42. The average Bonchev–Trinajstić information content (AvgIpc) is 3.02. The minimum absolute atomic E-state index is 0.0273. The second-order valence-electron chi connectivity index (χ2n) is 6.12. The van der Waals surface area contributed by atoms with Crippen molar-refractivity contribution in [3.8, 4) is 0 Å². The smallest absolute Gasteiger partial charge is 0.337 e. The van der Waals surface area contributed by atoms with Crippen LogP contribution in [-0.2, 0) is 24.1 Å². The fourth-order valence-electron chi connectivity index (χ4n) is 3.45. The third-order valence-corrected chi connectivity index (χ3v) is 6.30. The van der Waals surface area contributed by atoms with Crippen molar-refractivity contribution < 1.29 is 32.3 Å². The van der Waals surface area contributed by atoms with Crippen LogP contribution < -0.4 is 4.90 Å². The van der Waals surface area contributed by atoms with E-state index in [9.17, 15) is 22.8 Å². The van der Waals surface area contributed by atoms with Gasteiger partial charge in [0.2, 0.25) is 5.91 Å². The molecule has 0 unspecified atom stereocenters. The molecule has 9 heteroatoms. The molecule has 0 aliphatic carbocycles. The van der Waals surface area contributed by atoms with Crippen LogP contribution in [0.5, 0.6) is 0 Å². The molecule has 0 bridgehead atoms. The zero-order chi connectivity index (χ0) is 18.4. The first-order chi connectivity index (χ1) is 11.8. The summed E-state index contributed by atoms with van der Waals surface area (Å²) in [5.74, 6) is -2.01. The molecule has 25 heavy (non-hydrogen) atoms. The number of hydrogen-bond donors (Lipinski definition) is 0. The molecule has 2 aliphatic heterocycles. The molecule has 2 atom stereocenters. The first kappa shape index (κ1) is 17.4. The molecule has 0 N–H and O–H groups in total. The van der Waals surface area contributed by atoms with Gasteiger partial charge in [-0.2, -0.15) is 0 Å². The summed E-state index contributed by atoms with van der Waals surface area (Å²) in [6.07, 6.45) is 0.125. The predicted molar refractivity (Wildman–Crippen MR) is 87.2 cm³/mol. The maximum atomic E-state index is 12.4. The lowest BCUT2D eigenvalue weighted by Crippen LogP contribution is -2.36. The third-order valence-electron chi connectivity index (χ3n) is 4.51. The number of esters is 2. The Morgan fingerprint density at radius 3 is 2.12 bits per heavy atom. The highest BCUT2D eigenvalue weighted by Crippen LogP contribution is 2.37. The van der Waals surface area contributed by atoms with E-state index >= 15 is 0 Å². The summed E-state index contributed by atoms with van der Waals surface area (Å²) in [6, 6.07) is 3.66. The second-order valence-corrected chi connectivity index (χ2v) is 8.28. The molecule has 1 aromatic carbocycles. The second kappa shape index (κ2) is 6.14. The molecule has 1 aromatic rings. The minimum atomic E-state index is -3.21. The number of rotatable bonds is 3. The van der Waals surface area contributed by atoms with Gasteiger partial charge in [-0.3, -0.25) is 4.79 Å². The largest absolute Gasteiger partial charge is 0.465 e. The lowest BCUT2D eigenvalue weighted by atomic mass is 10.0. The topological polar surface area (TPSA) is 107 Å². The highest BCUT2D eigenvalue weighted by atomic mass is 32.2. The number of hydrogen-bond acceptors (Lipinski definition) is 7. The summed E-state index contributed by atoms with van der Waals surface area (Å²) in [5.41, 5.74) is 0.452. The van der Waals surface area contributed by atoms with E-state index in [1.165, 1.54) is 37.3 Å². The zero-order valence-electron chi connectivity index (χ0n) is 13.7. The van der Waals surface area contributed by atoms with Crippen LogP contribution in [0, 0.1) is 5.92 Å². The fourth-order valence-corrected chi connectivity index (χ4v) is 5.52. The van der Waals surface area contributed by atoms with E-state index in [0.29, 0.717) is 0 Å². The number of benzene rings is 1. The van der Waals surface area contributed by atoms with E-state index < -0.39 is 27.8 Å². The highest BCUT2D eigenvalue weighted by Gasteiger charge is 2.49. The van der Waals surface area contributed by atoms with Crippen LogP contribution in [0.4, 0.5) is 5.69 Å². The molecule has 0 radical (unpaired) electrons. The van der Waals surface area contributed by atoms with Gasteiger partial charge in [0, 0.05) is 18.0 Å². The molecule has 1 amide bonds. The third kappa shape index (κ3) is 3.11. The summed E-state index contributed by atoms with van der Waals surface area (Å²) in [7, 11) is -0.806. The van der Waals surface area contributed by atoms with Crippen LogP contribution in [0.3, 0.4) is 0 Å². The Bertz CT molecular complexity index is 827. The molecule has 134 valence electrons. The van der Waals surface area contributed by atoms with Gasteiger partial charge in [-0.1, -0.05) is 0 Å². The maximum absolute atomic E-state index is 12.4. The quantitative estimate of drug-likeness (QED) is 0.712. The SMILES string of the molecule is COC(=O)c1cc(C(=O)OC)cc(N2C(=O)C[C@@H]3CS(=O)(=O)C[C@@H]32)c1. The van der Waals surface area contributed by atoms with Crippen molar-refractivity contribution in [3.63, 3.8) is 0 Å². The van der Waals surface area contributed by atoms with Crippen molar-refractivity contribution in [1.29, 1.82) is 0 Å². The number of nitrogens with zero attached hydrogens (tertiary/aromatic N) is 1. The minimum Gasteiger partial charge on any atom is -0.465 e. The van der Waals surface area contributed by atoms with E-state index in [4.69, 9.17) is 0 Å². The number of sulfone groups is 1. The van der Waals surface area contributed by atoms with E-state index in [1.807, 2.05) is 0 Å². The van der Waals surface area contributed by atoms with E-state index in [-0.39, 0.29) is 46.6 Å². The molecule has 2 heterocycles. The Labute approximate surface area is 144 Å². The van der Waals surface area contributed by atoms with Crippen molar-refractivity contribution in [2.45, 2.75) is 12.5 Å². The first-order valence-corrected chi connectivity index (χ1v) is 9.42. The van der Waals surface area contributed by atoms with Gasteiger partial charge in [-0.25, -0.2) is 18.0 Å². The van der Waals surface area contributed by atoms with Gasteiger partial charge in [-0.05, 0) is 18.2 Å². The first-order valence-electron chi connectivity index (χ1n) is 7.60. The molecule has 2 fully saturated rings. The zero-order valence-corrected chi connectivity index (χ0v) is 14.5. The number of fused-ring (bicyclic) bond motifs is 1. The summed E-state index contributed by atoms with van der Waals surface area (Å²) < 4.78 is 33.1. The molecule has 3 rings (SSSR count). The van der Waals surface area contributed by atoms with Gasteiger partial charge in [0.1, 0.15) is 0 Å². The van der Waals surface area contributed by atoms with Crippen LogP contribution in [0.1, 0.15) is 27.1 Å². The van der Waals surface area contributed by atoms with Gasteiger partial charge in [0.15, 0.2) is 9.84 Å². The molecular formula is C16H17NO7S. The molecule has 2 aliphatic rings. The van der Waals surface area contributed by atoms with Crippen molar-refractivity contribution in [1.82, 2.24) is 0 Å². The van der Waals surface area contributed by atoms with Crippen molar-refractivity contribution in [2.75, 3.05) is 30.6 Å². The monoisotopic (exact) mass is 367 g/mol. The average molecular weight is 367 g/mol. The molecule has 2 saturated heterocycles. The standard InChI is InChI=1S/C16H17NO7S/c1-23-15(19)9-3-10(16(20)24-2)5-12(4-9)17-13-8-25(21,22)7-11(13)6-14(17)18/h3-5,11,13H,6-8H2,1-2H3/t11-,13+/m1/s1. The van der Waals surface area contributed by atoms with Crippen LogP contribution >= 0.6 is 0 Å². The van der Waals surface area contributed by atoms with E-state index in [2.05, 4.69) is 9.47 Å². The number of carbonyl (C=O) groups excluding carboxylic acids is 3. The molecule has 8 nitrogen and oxygen atoms in total. The van der Waals surface area contributed by atoms with Crippen LogP contribution in [-0.4, -0.2) is 58.0 Å². The Kier molecular flexibility index (Phi) is 4.28. The fraction of sp³-hybridized carbons (Fsp3) is 0.438. The van der Waals surface area contributed by atoms with Crippen LogP contribution in [0.2, 0.25) is 0 Å². The van der Waals surface area contributed by atoms with E-state index in [0.717, 1.165) is 0 Å². The van der Waals surface area contributed by atoms with Gasteiger partial charge >= 0.3 is 11.9 Å². The van der Waals surface area contributed by atoms with Crippen molar-refractivity contribution >= 4 is 33.4 Å². The van der Waals surface area contributed by atoms with Crippen LogP contribution in [0.15, 0.2) is 18.2 Å². The normalized spacial score (nSPS) is 24.1. The lowest BCUT2D eigenvalue weighted by molar-refractivity contribution is -0.117. The maximum Gasteiger partial charge on any atom is 0.337 e. The number of carbonyl (C=O) groups is 3. The molecular weight excluding hydrogens is 350 g/mol. The predicted octanol–water partition coefficient (Wildman–Crippen LogP) is 0.410. The van der Waals surface area contributed by atoms with Crippen molar-refractivity contribution in [3.05, 3.63) is 29.3 Å². The highest BCUT2D eigenvalue weighted by molar-refractivity contribution is 7.91. The lowest BCUT2D eigenvalue weighted by Gasteiger charge is -2.24. The summed E-state index contributed by atoms with van der Waals surface area (Å²) >= 11 is 0. The molecule has 0 spiro atoms. The van der Waals surface area contributed by atoms with Gasteiger partial charge < -0.3 is 14.4 Å². The summed E-state index contributed by atoms with van der Waals surface area (Å²) in [4.78, 5) is 37.5. The van der Waals surface area contributed by atoms with Gasteiger partial charge in [0.05, 0.1) is 42.9 Å².